The Bertz CT molecular complexity index is 751. The van der Waals surface area contributed by atoms with Crippen molar-refractivity contribution in [2.75, 3.05) is 26.8 Å². The number of amides is 2. The van der Waals surface area contributed by atoms with E-state index in [-0.39, 0.29) is 12.1 Å². The Morgan fingerprint density at radius 2 is 1.81 bits per heavy atom. The van der Waals surface area contributed by atoms with Crippen molar-refractivity contribution in [3.63, 3.8) is 0 Å². The van der Waals surface area contributed by atoms with Gasteiger partial charge in [0.2, 0.25) is 0 Å². The molecule has 2 unspecified atom stereocenters. The van der Waals surface area contributed by atoms with Crippen molar-refractivity contribution >= 4 is 12.0 Å². The van der Waals surface area contributed by atoms with E-state index >= 15 is 0 Å². The summed E-state index contributed by atoms with van der Waals surface area (Å²) in [7, 11) is 1.33. The van der Waals surface area contributed by atoms with E-state index in [2.05, 4.69) is 5.32 Å². The van der Waals surface area contributed by atoms with Crippen LogP contribution in [0.5, 0.6) is 0 Å². The first-order valence-electron chi connectivity index (χ1n) is 9.01. The van der Waals surface area contributed by atoms with E-state index in [9.17, 15) is 9.59 Å². The molecular formula is C21H24N2O4. The molecule has 6 heteroatoms. The summed E-state index contributed by atoms with van der Waals surface area (Å²) in [6, 6.07) is 18.3. The van der Waals surface area contributed by atoms with Crippen LogP contribution in [0.3, 0.4) is 0 Å². The van der Waals surface area contributed by atoms with E-state index in [1.165, 1.54) is 7.11 Å². The van der Waals surface area contributed by atoms with Crippen LogP contribution in [-0.2, 0) is 20.7 Å². The van der Waals surface area contributed by atoms with Crippen molar-refractivity contribution in [1.29, 1.82) is 0 Å². The van der Waals surface area contributed by atoms with Gasteiger partial charge in [0.05, 0.1) is 20.3 Å². The molecular weight excluding hydrogens is 344 g/mol. The topological polar surface area (TPSA) is 67.9 Å². The Labute approximate surface area is 159 Å². The molecule has 1 saturated heterocycles. The van der Waals surface area contributed by atoms with Gasteiger partial charge in [-0.15, -0.1) is 0 Å². The lowest BCUT2D eigenvalue weighted by molar-refractivity contribution is -0.142. The molecule has 0 spiro atoms. The summed E-state index contributed by atoms with van der Waals surface area (Å²) in [5.74, 6) is -0.458. The number of nitrogens with zero attached hydrogens (tertiary/aromatic N) is 1. The number of esters is 1. The third-order valence-electron chi connectivity index (χ3n) is 4.59. The standard InChI is InChI=1S/C21H24N2O4/c1-26-20(24)18(14-16-8-4-2-5-9-16)22-21(25)23-12-13-27-19(15-23)17-10-6-3-7-11-17/h2-11,18-19H,12-15H2,1H3,(H,22,25). The summed E-state index contributed by atoms with van der Waals surface area (Å²) in [6.07, 6.45) is 0.211. The van der Waals surface area contributed by atoms with Gasteiger partial charge in [0.1, 0.15) is 12.1 Å². The largest absolute Gasteiger partial charge is 0.467 e. The van der Waals surface area contributed by atoms with E-state index in [1.807, 2.05) is 60.7 Å². The first-order chi connectivity index (χ1) is 13.2. The van der Waals surface area contributed by atoms with E-state index < -0.39 is 12.0 Å². The summed E-state index contributed by atoms with van der Waals surface area (Å²) in [5.41, 5.74) is 1.99. The monoisotopic (exact) mass is 368 g/mol. The summed E-state index contributed by atoms with van der Waals surface area (Å²) in [6.45, 7) is 1.37. The molecule has 2 atom stereocenters. The van der Waals surface area contributed by atoms with Crippen LogP contribution in [0.1, 0.15) is 17.2 Å². The number of urea groups is 1. The van der Waals surface area contributed by atoms with E-state index in [1.54, 1.807) is 4.90 Å². The van der Waals surface area contributed by atoms with E-state index in [4.69, 9.17) is 9.47 Å². The van der Waals surface area contributed by atoms with Gasteiger partial charge < -0.3 is 19.7 Å². The lowest BCUT2D eigenvalue weighted by Crippen LogP contribution is -2.52. The Morgan fingerprint density at radius 3 is 2.48 bits per heavy atom. The van der Waals surface area contributed by atoms with E-state index in [0.717, 1.165) is 11.1 Å². The summed E-state index contributed by atoms with van der Waals surface area (Å²) in [5, 5.41) is 2.81. The molecule has 1 N–H and O–H groups in total. The highest BCUT2D eigenvalue weighted by Crippen LogP contribution is 2.22. The predicted molar refractivity (Wildman–Crippen MR) is 101 cm³/mol. The number of methoxy groups -OCH3 is 1. The number of nitrogens with one attached hydrogen (secondary N) is 1. The molecule has 0 aliphatic carbocycles. The summed E-state index contributed by atoms with van der Waals surface area (Å²) in [4.78, 5) is 26.6. The number of benzene rings is 2. The van der Waals surface area contributed by atoms with Crippen molar-refractivity contribution in [2.24, 2.45) is 0 Å². The van der Waals surface area contributed by atoms with Crippen molar-refractivity contribution in [3.8, 4) is 0 Å². The van der Waals surface area contributed by atoms with Crippen LogP contribution in [0.25, 0.3) is 0 Å². The molecule has 0 bridgehead atoms. The maximum absolute atomic E-state index is 12.7. The van der Waals surface area contributed by atoms with Gasteiger partial charge in [-0.1, -0.05) is 60.7 Å². The normalized spacial score (nSPS) is 17.8. The first-order valence-corrected chi connectivity index (χ1v) is 9.01. The summed E-state index contributed by atoms with van der Waals surface area (Å²) < 4.78 is 10.7. The molecule has 142 valence electrons. The Morgan fingerprint density at radius 1 is 1.15 bits per heavy atom. The van der Waals surface area contributed by atoms with Gasteiger partial charge in [-0.05, 0) is 11.1 Å². The second-order valence-electron chi connectivity index (χ2n) is 6.43. The number of morpholine rings is 1. The Kier molecular flexibility index (Phi) is 6.44. The van der Waals surface area contributed by atoms with E-state index in [0.29, 0.717) is 26.1 Å². The zero-order chi connectivity index (χ0) is 19.1. The van der Waals surface area contributed by atoms with Crippen molar-refractivity contribution in [1.82, 2.24) is 10.2 Å². The molecule has 1 aliphatic heterocycles. The SMILES string of the molecule is COC(=O)C(Cc1ccccc1)NC(=O)N1CCOC(c2ccccc2)C1. The molecule has 0 radical (unpaired) electrons. The highest BCUT2D eigenvalue weighted by Gasteiger charge is 2.29. The van der Waals surface area contributed by atoms with Crippen LogP contribution in [0.4, 0.5) is 4.79 Å². The van der Waals surface area contributed by atoms with Crippen LogP contribution in [0.15, 0.2) is 60.7 Å². The minimum atomic E-state index is -0.733. The molecule has 3 rings (SSSR count). The van der Waals surface area contributed by atoms with Gasteiger partial charge in [0.15, 0.2) is 0 Å². The van der Waals surface area contributed by atoms with Gasteiger partial charge in [-0.25, -0.2) is 9.59 Å². The van der Waals surface area contributed by atoms with Crippen LogP contribution in [0.2, 0.25) is 0 Å². The molecule has 1 heterocycles. The average molecular weight is 368 g/mol. The quantitative estimate of drug-likeness (QED) is 0.824. The van der Waals surface area contributed by atoms with Crippen molar-refractivity contribution in [3.05, 3.63) is 71.8 Å². The maximum Gasteiger partial charge on any atom is 0.328 e. The fourth-order valence-electron chi connectivity index (χ4n) is 3.13. The molecule has 2 aromatic rings. The highest BCUT2D eigenvalue weighted by atomic mass is 16.5. The second-order valence-corrected chi connectivity index (χ2v) is 6.43. The van der Waals surface area contributed by atoms with Gasteiger partial charge in [0.25, 0.3) is 0 Å². The summed E-state index contributed by atoms with van der Waals surface area (Å²) >= 11 is 0. The molecule has 0 aromatic heterocycles. The van der Waals surface area contributed by atoms with Crippen LogP contribution in [-0.4, -0.2) is 49.7 Å². The fraction of sp³-hybridized carbons (Fsp3) is 0.333. The van der Waals surface area contributed by atoms with Gasteiger partial charge >= 0.3 is 12.0 Å². The zero-order valence-corrected chi connectivity index (χ0v) is 15.3. The smallest absolute Gasteiger partial charge is 0.328 e. The van der Waals surface area contributed by atoms with Gasteiger partial charge in [0, 0.05) is 13.0 Å². The fourth-order valence-corrected chi connectivity index (χ4v) is 3.13. The average Bonchev–Trinajstić information content (AvgIpc) is 2.74. The molecule has 0 saturated carbocycles. The number of hydrogen-bond acceptors (Lipinski definition) is 4. The zero-order valence-electron chi connectivity index (χ0n) is 15.3. The molecule has 2 amide bonds. The first kappa shape index (κ1) is 18.9. The third-order valence-corrected chi connectivity index (χ3v) is 4.59. The van der Waals surface area contributed by atoms with Gasteiger partial charge in [-0.2, -0.15) is 0 Å². The van der Waals surface area contributed by atoms with Crippen molar-refractivity contribution in [2.45, 2.75) is 18.6 Å². The second kappa shape index (κ2) is 9.19. The Balaban J connectivity index is 1.65. The Hall–Kier alpha value is -2.86. The van der Waals surface area contributed by atoms with Crippen LogP contribution in [0, 0.1) is 0 Å². The molecule has 1 aliphatic rings. The third kappa shape index (κ3) is 5.08. The number of ether oxygens (including phenoxy) is 2. The number of carbonyl (C=O) groups excluding carboxylic acids is 2. The van der Waals surface area contributed by atoms with Gasteiger partial charge in [-0.3, -0.25) is 0 Å². The molecule has 27 heavy (non-hydrogen) atoms. The number of hydrogen-bond donors (Lipinski definition) is 1. The lowest BCUT2D eigenvalue weighted by Gasteiger charge is -2.34. The maximum atomic E-state index is 12.7. The van der Waals surface area contributed by atoms with Crippen molar-refractivity contribution < 1.29 is 19.1 Å². The molecule has 1 fully saturated rings. The molecule has 6 nitrogen and oxygen atoms in total. The minimum Gasteiger partial charge on any atom is -0.467 e. The lowest BCUT2D eigenvalue weighted by atomic mass is 10.1. The number of rotatable bonds is 5. The highest BCUT2D eigenvalue weighted by molar-refractivity contribution is 5.84. The molecule has 2 aromatic carbocycles. The van der Waals surface area contributed by atoms with Crippen LogP contribution >= 0.6 is 0 Å². The minimum absolute atomic E-state index is 0.170. The predicted octanol–water partition coefficient (Wildman–Crippen LogP) is 2.55. The van der Waals surface area contributed by atoms with Crippen LogP contribution < -0.4 is 5.32 Å². The number of carbonyl (C=O) groups is 2.